The second-order valence-electron chi connectivity index (χ2n) is 4.14. The van der Waals surface area contributed by atoms with E-state index in [1.165, 1.54) is 0 Å². The number of aromatic nitrogens is 4. The Balaban J connectivity index is 1.95. The number of hydrogen-bond donors (Lipinski definition) is 2. The van der Waals surface area contributed by atoms with Gasteiger partial charge in [0.2, 0.25) is 0 Å². The number of hydrogen-bond acceptors (Lipinski definition) is 4. The van der Waals surface area contributed by atoms with E-state index in [1.807, 2.05) is 30.5 Å². The number of rotatable bonds is 3. The largest absolute Gasteiger partial charge is 0.363 e. The highest BCUT2D eigenvalue weighted by atomic mass is 15.1. The van der Waals surface area contributed by atoms with Crippen molar-refractivity contribution in [1.29, 1.82) is 0 Å². The number of H-pyrrole nitrogens is 1. The molecule has 1 unspecified atom stereocenters. The molecule has 0 aliphatic rings. The lowest BCUT2D eigenvalue weighted by Crippen LogP contribution is -2.07. The van der Waals surface area contributed by atoms with Crippen LogP contribution in [0.2, 0.25) is 0 Å². The second kappa shape index (κ2) is 4.44. The van der Waals surface area contributed by atoms with Crippen LogP contribution in [-0.2, 0) is 0 Å². The van der Waals surface area contributed by atoms with Crippen LogP contribution in [0.1, 0.15) is 18.5 Å². The van der Waals surface area contributed by atoms with Crippen LogP contribution in [0.3, 0.4) is 0 Å². The molecule has 1 atom stereocenters. The topological polar surface area (TPSA) is 66.5 Å². The third kappa shape index (κ3) is 1.90. The van der Waals surface area contributed by atoms with E-state index in [4.69, 9.17) is 0 Å². The molecule has 18 heavy (non-hydrogen) atoms. The molecular formula is C13H13N5. The maximum absolute atomic E-state index is 4.30. The molecule has 0 radical (unpaired) electrons. The lowest BCUT2D eigenvalue weighted by atomic mass is 10.2. The lowest BCUT2D eigenvalue weighted by molar-refractivity contribution is 0.877. The first-order valence-electron chi connectivity index (χ1n) is 5.79. The summed E-state index contributed by atoms with van der Waals surface area (Å²) in [6.07, 6.45) is 5.26. The van der Waals surface area contributed by atoms with E-state index in [2.05, 4.69) is 32.4 Å². The number of benzene rings is 1. The quantitative estimate of drug-likeness (QED) is 0.737. The average molecular weight is 239 g/mol. The van der Waals surface area contributed by atoms with E-state index in [1.54, 1.807) is 12.5 Å². The van der Waals surface area contributed by atoms with Crippen molar-refractivity contribution in [3.8, 4) is 0 Å². The Morgan fingerprint density at radius 1 is 1.22 bits per heavy atom. The van der Waals surface area contributed by atoms with Crippen LogP contribution in [0.4, 0.5) is 5.82 Å². The number of fused-ring (bicyclic) bond motifs is 1. The van der Waals surface area contributed by atoms with Gasteiger partial charge in [0.25, 0.3) is 0 Å². The third-order valence-corrected chi connectivity index (χ3v) is 2.92. The molecule has 5 heteroatoms. The van der Waals surface area contributed by atoms with Gasteiger partial charge in [0.05, 0.1) is 17.8 Å². The molecule has 1 aromatic carbocycles. The summed E-state index contributed by atoms with van der Waals surface area (Å²) in [6.45, 7) is 2.07. The van der Waals surface area contributed by atoms with Crippen molar-refractivity contribution in [2.75, 3.05) is 5.32 Å². The summed E-state index contributed by atoms with van der Waals surface area (Å²) in [5, 5.41) is 11.2. The minimum Gasteiger partial charge on any atom is -0.363 e. The van der Waals surface area contributed by atoms with Gasteiger partial charge in [-0.15, -0.1) is 0 Å². The van der Waals surface area contributed by atoms with Crippen molar-refractivity contribution in [1.82, 2.24) is 20.2 Å². The van der Waals surface area contributed by atoms with E-state index in [0.29, 0.717) is 0 Å². The Bertz CT molecular complexity index is 642. The zero-order valence-corrected chi connectivity index (χ0v) is 9.96. The van der Waals surface area contributed by atoms with Gasteiger partial charge in [-0.05, 0) is 19.1 Å². The third-order valence-electron chi connectivity index (χ3n) is 2.92. The van der Waals surface area contributed by atoms with E-state index in [-0.39, 0.29) is 6.04 Å². The molecule has 90 valence electrons. The van der Waals surface area contributed by atoms with Gasteiger partial charge >= 0.3 is 0 Å². The number of aromatic amines is 1. The fourth-order valence-electron chi connectivity index (χ4n) is 1.91. The van der Waals surface area contributed by atoms with Crippen LogP contribution in [0.15, 0.2) is 43.0 Å². The summed E-state index contributed by atoms with van der Waals surface area (Å²) in [5.74, 6) is 0.842. The molecule has 2 aromatic heterocycles. The summed E-state index contributed by atoms with van der Waals surface area (Å²) in [4.78, 5) is 8.55. The Kier molecular flexibility index (Phi) is 2.64. The van der Waals surface area contributed by atoms with Crippen LogP contribution < -0.4 is 5.32 Å². The van der Waals surface area contributed by atoms with E-state index >= 15 is 0 Å². The van der Waals surface area contributed by atoms with Crippen molar-refractivity contribution in [3.05, 3.63) is 48.5 Å². The zero-order valence-electron chi connectivity index (χ0n) is 9.96. The molecule has 3 aromatic rings. The van der Waals surface area contributed by atoms with Crippen LogP contribution >= 0.6 is 0 Å². The molecule has 0 amide bonds. The fourth-order valence-corrected chi connectivity index (χ4v) is 1.91. The fraction of sp³-hybridized carbons (Fsp3) is 0.154. The van der Waals surface area contributed by atoms with Crippen LogP contribution in [0, 0.1) is 0 Å². The molecule has 2 heterocycles. The monoisotopic (exact) mass is 239 g/mol. The summed E-state index contributed by atoms with van der Waals surface area (Å²) >= 11 is 0. The predicted molar refractivity (Wildman–Crippen MR) is 70.2 cm³/mol. The van der Waals surface area contributed by atoms with E-state index < -0.39 is 0 Å². The first kappa shape index (κ1) is 10.7. The van der Waals surface area contributed by atoms with Crippen molar-refractivity contribution >= 4 is 16.7 Å². The highest BCUT2D eigenvalue weighted by Gasteiger charge is 2.09. The van der Waals surface area contributed by atoms with Gasteiger partial charge in [0, 0.05) is 17.1 Å². The second-order valence-corrected chi connectivity index (χ2v) is 4.14. The van der Waals surface area contributed by atoms with Gasteiger partial charge in [-0.25, -0.2) is 9.97 Å². The zero-order chi connectivity index (χ0) is 12.4. The molecule has 3 rings (SSSR count). The highest BCUT2D eigenvalue weighted by Crippen LogP contribution is 2.22. The predicted octanol–water partition coefficient (Wildman–Crippen LogP) is 2.53. The molecule has 0 spiro atoms. The number of nitrogens with one attached hydrogen (secondary N) is 2. The van der Waals surface area contributed by atoms with Gasteiger partial charge in [-0.2, -0.15) is 5.10 Å². The molecule has 0 bridgehead atoms. The minimum atomic E-state index is 0.141. The molecule has 2 N–H and O–H groups in total. The van der Waals surface area contributed by atoms with Gasteiger partial charge < -0.3 is 5.32 Å². The Hall–Kier alpha value is -2.43. The molecule has 0 fully saturated rings. The van der Waals surface area contributed by atoms with Gasteiger partial charge in [-0.3, -0.25) is 5.10 Å². The van der Waals surface area contributed by atoms with Crippen molar-refractivity contribution in [2.24, 2.45) is 0 Å². The lowest BCUT2D eigenvalue weighted by Gasteiger charge is -2.13. The Labute approximate surface area is 104 Å². The van der Waals surface area contributed by atoms with Crippen LogP contribution in [0.25, 0.3) is 10.9 Å². The van der Waals surface area contributed by atoms with E-state index in [0.717, 1.165) is 22.3 Å². The molecule has 0 saturated heterocycles. The van der Waals surface area contributed by atoms with Gasteiger partial charge in [-0.1, -0.05) is 12.1 Å². The van der Waals surface area contributed by atoms with Crippen LogP contribution in [-0.4, -0.2) is 20.2 Å². The maximum atomic E-state index is 4.30. The van der Waals surface area contributed by atoms with Crippen LogP contribution in [0.5, 0.6) is 0 Å². The summed E-state index contributed by atoms with van der Waals surface area (Å²) in [5.41, 5.74) is 2.03. The number of para-hydroxylation sites is 1. The molecule has 0 saturated carbocycles. The Morgan fingerprint density at radius 3 is 2.94 bits per heavy atom. The first-order chi connectivity index (χ1) is 8.84. The first-order valence-corrected chi connectivity index (χ1v) is 5.79. The minimum absolute atomic E-state index is 0.141. The van der Waals surface area contributed by atoms with Crippen molar-refractivity contribution < 1.29 is 0 Å². The summed E-state index contributed by atoms with van der Waals surface area (Å²) < 4.78 is 0. The summed E-state index contributed by atoms with van der Waals surface area (Å²) in [6, 6.07) is 8.09. The standard InChI is InChI=1S/C13H13N5/c1-9(10-6-16-17-7-10)18-13-11-4-2-3-5-12(11)14-8-15-13/h2-9H,1H3,(H,16,17)(H,14,15,18). The number of nitrogens with zero attached hydrogens (tertiary/aromatic N) is 3. The normalized spacial score (nSPS) is 12.5. The highest BCUT2D eigenvalue weighted by molar-refractivity contribution is 5.88. The molecule has 0 aliphatic heterocycles. The average Bonchev–Trinajstić information content (AvgIpc) is 2.93. The molecule has 0 aliphatic carbocycles. The van der Waals surface area contributed by atoms with Crippen molar-refractivity contribution in [2.45, 2.75) is 13.0 Å². The molecular weight excluding hydrogens is 226 g/mol. The van der Waals surface area contributed by atoms with Gasteiger partial charge in [0.1, 0.15) is 12.1 Å². The van der Waals surface area contributed by atoms with Crippen molar-refractivity contribution in [3.63, 3.8) is 0 Å². The summed E-state index contributed by atoms with van der Waals surface area (Å²) in [7, 11) is 0. The number of anilines is 1. The Morgan fingerprint density at radius 2 is 2.11 bits per heavy atom. The molecule has 5 nitrogen and oxygen atoms in total. The SMILES string of the molecule is CC(Nc1ncnc2ccccc12)c1cn[nH]c1. The van der Waals surface area contributed by atoms with Gasteiger partial charge in [0.15, 0.2) is 0 Å². The van der Waals surface area contributed by atoms with E-state index in [9.17, 15) is 0 Å². The smallest absolute Gasteiger partial charge is 0.137 e. The maximum Gasteiger partial charge on any atom is 0.137 e.